The number of hydrogen-bond donors (Lipinski definition) is 0. The second-order valence-electron chi connectivity index (χ2n) is 6.58. The summed E-state index contributed by atoms with van der Waals surface area (Å²) in [7, 11) is 0. The molecule has 0 aliphatic heterocycles. The van der Waals surface area contributed by atoms with Gasteiger partial charge >= 0.3 is 0 Å². The first-order valence-electron chi connectivity index (χ1n) is 6.91. The predicted molar refractivity (Wildman–Crippen MR) is 84.8 cm³/mol. The lowest BCUT2D eigenvalue weighted by molar-refractivity contribution is 0.573. The fourth-order valence-electron chi connectivity index (χ4n) is 2.01. The van der Waals surface area contributed by atoms with Crippen molar-refractivity contribution >= 4 is 11.3 Å². The molecule has 0 unspecified atom stereocenters. The number of rotatable bonds is 3. The van der Waals surface area contributed by atoms with Gasteiger partial charge in [-0.25, -0.2) is 4.98 Å². The van der Waals surface area contributed by atoms with Crippen molar-refractivity contribution in [2.45, 2.75) is 46.5 Å². The van der Waals surface area contributed by atoms with Gasteiger partial charge in [-0.2, -0.15) is 0 Å². The van der Waals surface area contributed by atoms with Crippen molar-refractivity contribution in [2.24, 2.45) is 5.92 Å². The first-order chi connectivity index (χ1) is 8.86. The molecule has 0 atom stereocenters. The van der Waals surface area contributed by atoms with Crippen LogP contribution >= 0.6 is 11.3 Å². The third-order valence-corrected chi connectivity index (χ3v) is 4.01. The standard InChI is InChI=1S/C17H23NS/c1-12(2)10-13-6-8-14(9-7-13)16-18-15(11-19-16)17(3,4)5/h6-9,11-12H,10H2,1-5H3. The topological polar surface area (TPSA) is 12.9 Å². The Hall–Kier alpha value is -1.15. The highest BCUT2D eigenvalue weighted by Gasteiger charge is 2.17. The lowest BCUT2D eigenvalue weighted by atomic mass is 9.93. The molecule has 0 radical (unpaired) electrons. The zero-order valence-electron chi connectivity index (χ0n) is 12.5. The van der Waals surface area contributed by atoms with E-state index in [9.17, 15) is 0 Å². The van der Waals surface area contributed by atoms with Gasteiger partial charge in [0, 0.05) is 16.4 Å². The summed E-state index contributed by atoms with van der Waals surface area (Å²) in [6.45, 7) is 11.1. The Labute approximate surface area is 120 Å². The van der Waals surface area contributed by atoms with Crippen molar-refractivity contribution < 1.29 is 0 Å². The minimum Gasteiger partial charge on any atom is -0.241 e. The lowest BCUT2D eigenvalue weighted by Gasteiger charge is -2.14. The van der Waals surface area contributed by atoms with Crippen LogP contribution in [0, 0.1) is 5.92 Å². The zero-order valence-corrected chi connectivity index (χ0v) is 13.3. The van der Waals surface area contributed by atoms with Gasteiger partial charge in [0.25, 0.3) is 0 Å². The number of benzene rings is 1. The van der Waals surface area contributed by atoms with E-state index in [2.05, 4.69) is 64.3 Å². The van der Waals surface area contributed by atoms with Crippen molar-refractivity contribution in [3.05, 3.63) is 40.9 Å². The molecule has 102 valence electrons. The summed E-state index contributed by atoms with van der Waals surface area (Å²) in [5.74, 6) is 0.707. The van der Waals surface area contributed by atoms with E-state index in [0.29, 0.717) is 5.92 Å². The third kappa shape index (κ3) is 3.66. The summed E-state index contributed by atoms with van der Waals surface area (Å²) in [6, 6.07) is 8.85. The quantitative estimate of drug-likeness (QED) is 0.739. The highest BCUT2D eigenvalue weighted by Crippen LogP contribution is 2.29. The van der Waals surface area contributed by atoms with E-state index in [1.165, 1.54) is 16.8 Å². The highest BCUT2D eigenvalue weighted by atomic mass is 32.1. The fourth-order valence-corrected chi connectivity index (χ4v) is 3.06. The molecular formula is C17H23NS. The predicted octanol–water partition coefficient (Wildman–Crippen LogP) is 5.31. The van der Waals surface area contributed by atoms with E-state index < -0.39 is 0 Å². The summed E-state index contributed by atoms with van der Waals surface area (Å²) in [5, 5.41) is 3.30. The Balaban J connectivity index is 2.20. The lowest BCUT2D eigenvalue weighted by Crippen LogP contribution is -2.11. The third-order valence-electron chi connectivity index (χ3n) is 3.12. The van der Waals surface area contributed by atoms with Gasteiger partial charge in [-0.3, -0.25) is 0 Å². The molecule has 0 bridgehead atoms. The van der Waals surface area contributed by atoms with Crippen LogP contribution in [0.4, 0.5) is 0 Å². The molecule has 19 heavy (non-hydrogen) atoms. The van der Waals surface area contributed by atoms with Crippen LogP contribution in [0.15, 0.2) is 29.6 Å². The van der Waals surface area contributed by atoms with Crippen molar-refractivity contribution in [1.29, 1.82) is 0 Å². The molecule has 0 aliphatic rings. The maximum Gasteiger partial charge on any atom is 0.123 e. The van der Waals surface area contributed by atoms with E-state index in [-0.39, 0.29) is 5.41 Å². The largest absolute Gasteiger partial charge is 0.241 e. The van der Waals surface area contributed by atoms with Gasteiger partial charge in [0.1, 0.15) is 5.01 Å². The summed E-state index contributed by atoms with van der Waals surface area (Å²) in [6.07, 6.45) is 1.14. The van der Waals surface area contributed by atoms with Crippen LogP contribution in [0.5, 0.6) is 0 Å². The van der Waals surface area contributed by atoms with E-state index in [4.69, 9.17) is 4.98 Å². The first-order valence-corrected chi connectivity index (χ1v) is 7.79. The number of hydrogen-bond acceptors (Lipinski definition) is 2. The molecule has 2 rings (SSSR count). The Morgan fingerprint density at radius 3 is 2.21 bits per heavy atom. The summed E-state index contributed by atoms with van der Waals surface area (Å²) in [5.41, 5.74) is 3.95. The monoisotopic (exact) mass is 273 g/mol. The molecule has 0 saturated carbocycles. The van der Waals surface area contributed by atoms with Gasteiger partial charge in [-0.1, -0.05) is 58.9 Å². The minimum absolute atomic E-state index is 0.131. The molecule has 0 spiro atoms. The molecule has 1 heterocycles. The molecule has 0 aliphatic carbocycles. The van der Waals surface area contributed by atoms with E-state index in [1.54, 1.807) is 11.3 Å². The minimum atomic E-state index is 0.131. The van der Waals surface area contributed by atoms with Gasteiger partial charge in [-0.05, 0) is 17.9 Å². The van der Waals surface area contributed by atoms with Gasteiger partial charge < -0.3 is 0 Å². The Morgan fingerprint density at radius 1 is 1.11 bits per heavy atom. The van der Waals surface area contributed by atoms with Crippen molar-refractivity contribution in [3.63, 3.8) is 0 Å². The maximum atomic E-state index is 4.76. The van der Waals surface area contributed by atoms with Gasteiger partial charge in [0.05, 0.1) is 5.69 Å². The molecule has 1 aromatic heterocycles. The van der Waals surface area contributed by atoms with E-state index in [0.717, 1.165) is 11.4 Å². The maximum absolute atomic E-state index is 4.76. The molecule has 0 saturated heterocycles. The van der Waals surface area contributed by atoms with Crippen LogP contribution in [-0.4, -0.2) is 4.98 Å². The van der Waals surface area contributed by atoms with Gasteiger partial charge in [0.15, 0.2) is 0 Å². The van der Waals surface area contributed by atoms with Crippen LogP contribution in [-0.2, 0) is 11.8 Å². The van der Waals surface area contributed by atoms with Crippen LogP contribution in [0.1, 0.15) is 45.9 Å². The smallest absolute Gasteiger partial charge is 0.123 e. The van der Waals surface area contributed by atoms with Gasteiger partial charge in [0.2, 0.25) is 0 Å². The van der Waals surface area contributed by atoms with Crippen LogP contribution in [0.25, 0.3) is 10.6 Å². The van der Waals surface area contributed by atoms with Gasteiger partial charge in [-0.15, -0.1) is 11.3 Å². The van der Waals surface area contributed by atoms with Crippen molar-refractivity contribution in [3.8, 4) is 10.6 Å². The summed E-state index contributed by atoms with van der Waals surface area (Å²) >= 11 is 1.74. The summed E-state index contributed by atoms with van der Waals surface area (Å²) < 4.78 is 0. The Kier molecular flexibility index (Phi) is 4.10. The molecule has 0 fully saturated rings. The van der Waals surface area contributed by atoms with E-state index >= 15 is 0 Å². The average molecular weight is 273 g/mol. The fraction of sp³-hybridized carbons (Fsp3) is 0.471. The number of thiazole rings is 1. The highest BCUT2D eigenvalue weighted by molar-refractivity contribution is 7.13. The van der Waals surface area contributed by atoms with Crippen LogP contribution in [0.3, 0.4) is 0 Å². The normalized spacial score (nSPS) is 12.1. The zero-order chi connectivity index (χ0) is 14.0. The van der Waals surface area contributed by atoms with Crippen LogP contribution < -0.4 is 0 Å². The molecule has 2 heteroatoms. The summed E-state index contributed by atoms with van der Waals surface area (Å²) in [4.78, 5) is 4.76. The average Bonchev–Trinajstić information content (AvgIpc) is 2.78. The SMILES string of the molecule is CC(C)Cc1ccc(-c2nc(C(C)(C)C)cs2)cc1. The molecule has 2 aromatic rings. The molecule has 1 aromatic carbocycles. The number of aromatic nitrogens is 1. The Bertz CT molecular complexity index is 529. The molecule has 1 nitrogen and oxygen atoms in total. The second-order valence-corrected chi connectivity index (χ2v) is 7.44. The number of nitrogens with zero attached hydrogens (tertiary/aromatic N) is 1. The second kappa shape index (κ2) is 5.46. The molecule has 0 amide bonds. The Morgan fingerprint density at radius 2 is 1.74 bits per heavy atom. The van der Waals surface area contributed by atoms with Crippen molar-refractivity contribution in [2.75, 3.05) is 0 Å². The molecule has 0 N–H and O–H groups in total. The van der Waals surface area contributed by atoms with E-state index in [1.807, 2.05) is 0 Å². The molecular weight excluding hydrogens is 250 g/mol. The van der Waals surface area contributed by atoms with Crippen LogP contribution in [0.2, 0.25) is 0 Å². The first kappa shape index (κ1) is 14.3. The van der Waals surface area contributed by atoms with Crippen molar-refractivity contribution in [1.82, 2.24) is 4.98 Å².